The molecule has 1 heterocycles. The second kappa shape index (κ2) is 5.97. The first-order valence-corrected chi connectivity index (χ1v) is 5.87. The van der Waals surface area contributed by atoms with Gasteiger partial charge >= 0.3 is 0 Å². The van der Waals surface area contributed by atoms with E-state index in [1.165, 1.54) is 11.8 Å². The zero-order valence-corrected chi connectivity index (χ0v) is 10.3. The lowest BCUT2D eigenvalue weighted by molar-refractivity contribution is 0.460. The highest BCUT2D eigenvalue weighted by molar-refractivity contribution is 5.34. The van der Waals surface area contributed by atoms with Crippen LogP contribution in [0, 0.1) is 0 Å². The SMILES string of the molecule is CCCc1ccc(Oc2cncc(NN)n2)cc1. The summed E-state index contributed by atoms with van der Waals surface area (Å²) in [6.07, 6.45) is 5.28. The van der Waals surface area contributed by atoms with Crippen molar-refractivity contribution in [3.8, 4) is 11.6 Å². The number of nitrogens with two attached hydrogens (primary N) is 1. The zero-order valence-electron chi connectivity index (χ0n) is 10.3. The minimum atomic E-state index is 0.411. The predicted molar refractivity (Wildman–Crippen MR) is 70.4 cm³/mol. The first kappa shape index (κ1) is 12.3. The molecule has 0 unspecified atom stereocenters. The molecule has 94 valence electrons. The second-order valence-electron chi connectivity index (χ2n) is 3.88. The van der Waals surface area contributed by atoms with E-state index in [0.29, 0.717) is 11.7 Å². The van der Waals surface area contributed by atoms with Crippen molar-refractivity contribution >= 4 is 5.82 Å². The van der Waals surface area contributed by atoms with Crippen molar-refractivity contribution in [3.63, 3.8) is 0 Å². The number of nitrogens with zero attached hydrogens (tertiary/aromatic N) is 2. The molecule has 0 saturated carbocycles. The fourth-order valence-electron chi connectivity index (χ4n) is 1.60. The van der Waals surface area contributed by atoms with Gasteiger partial charge in [-0.1, -0.05) is 25.5 Å². The minimum absolute atomic E-state index is 0.411. The van der Waals surface area contributed by atoms with Crippen LogP contribution in [0.3, 0.4) is 0 Å². The quantitative estimate of drug-likeness (QED) is 0.624. The summed E-state index contributed by atoms with van der Waals surface area (Å²) in [4.78, 5) is 8.09. The van der Waals surface area contributed by atoms with E-state index in [1.807, 2.05) is 12.1 Å². The highest BCUT2D eigenvalue weighted by Gasteiger charge is 2.01. The minimum Gasteiger partial charge on any atom is -0.437 e. The van der Waals surface area contributed by atoms with Crippen LogP contribution >= 0.6 is 0 Å². The molecule has 18 heavy (non-hydrogen) atoms. The Bertz CT molecular complexity index is 499. The number of hydrogen-bond donors (Lipinski definition) is 2. The molecule has 5 nitrogen and oxygen atoms in total. The fourth-order valence-corrected chi connectivity index (χ4v) is 1.60. The average Bonchev–Trinajstić information content (AvgIpc) is 2.42. The van der Waals surface area contributed by atoms with E-state index in [1.54, 1.807) is 6.20 Å². The Morgan fingerprint density at radius 3 is 2.67 bits per heavy atom. The molecule has 2 aromatic rings. The molecular formula is C13H16N4O. The van der Waals surface area contributed by atoms with E-state index < -0.39 is 0 Å². The first-order chi connectivity index (χ1) is 8.81. The van der Waals surface area contributed by atoms with E-state index in [2.05, 4.69) is 34.5 Å². The van der Waals surface area contributed by atoms with Gasteiger partial charge < -0.3 is 10.2 Å². The zero-order chi connectivity index (χ0) is 12.8. The van der Waals surface area contributed by atoms with Crippen molar-refractivity contribution in [2.24, 2.45) is 5.84 Å². The summed E-state index contributed by atoms with van der Waals surface area (Å²) < 4.78 is 5.58. The van der Waals surface area contributed by atoms with Crippen molar-refractivity contribution in [1.29, 1.82) is 0 Å². The summed E-state index contributed by atoms with van der Waals surface area (Å²) in [5.74, 6) is 6.87. The Balaban J connectivity index is 2.08. The number of hydrazine groups is 1. The van der Waals surface area contributed by atoms with Crippen molar-refractivity contribution in [2.75, 3.05) is 5.43 Å². The Labute approximate surface area is 106 Å². The van der Waals surface area contributed by atoms with Crippen molar-refractivity contribution < 1.29 is 4.74 Å². The van der Waals surface area contributed by atoms with Crippen LogP contribution in [0.15, 0.2) is 36.7 Å². The van der Waals surface area contributed by atoms with Gasteiger partial charge in [0.15, 0.2) is 5.82 Å². The normalized spacial score (nSPS) is 10.1. The number of anilines is 1. The molecule has 0 atom stereocenters. The first-order valence-electron chi connectivity index (χ1n) is 5.87. The largest absolute Gasteiger partial charge is 0.437 e. The van der Waals surface area contributed by atoms with Crippen molar-refractivity contribution in [2.45, 2.75) is 19.8 Å². The topological polar surface area (TPSA) is 73.1 Å². The number of aryl methyl sites for hydroxylation is 1. The smallest absolute Gasteiger partial charge is 0.239 e. The van der Waals surface area contributed by atoms with Gasteiger partial charge in [-0.25, -0.2) is 5.84 Å². The molecule has 0 spiro atoms. The van der Waals surface area contributed by atoms with Gasteiger partial charge in [0.2, 0.25) is 5.88 Å². The molecule has 0 saturated heterocycles. The molecule has 0 aliphatic rings. The van der Waals surface area contributed by atoms with Gasteiger partial charge in [-0.05, 0) is 24.1 Å². The molecule has 0 bridgehead atoms. The maximum Gasteiger partial charge on any atom is 0.239 e. The molecule has 0 radical (unpaired) electrons. The average molecular weight is 244 g/mol. The molecule has 1 aromatic carbocycles. The van der Waals surface area contributed by atoms with Crippen molar-refractivity contribution in [1.82, 2.24) is 9.97 Å². The van der Waals surface area contributed by atoms with Crippen LogP contribution in [0.5, 0.6) is 11.6 Å². The summed E-state index contributed by atoms with van der Waals surface area (Å²) in [5, 5.41) is 0. The Hall–Kier alpha value is -2.14. The number of benzene rings is 1. The van der Waals surface area contributed by atoms with Crippen LogP contribution < -0.4 is 16.0 Å². The molecule has 0 aliphatic carbocycles. The summed E-state index contributed by atoms with van der Waals surface area (Å²) in [7, 11) is 0. The van der Waals surface area contributed by atoms with Gasteiger partial charge in [0.25, 0.3) is 0 Å². The van der Waals surface area contributed by atoms with Crippen molar-refractivity contribution in [3.05, 3.63) is 42.2 Å². The summed E-state index contributed by atoms with van der Waals surface area (Å²) >= 11 is 0. The Morgan fingerprint density at radius 2 is 2.00 bits per heavy atom. The molecule has 0 aliphatic heterocycles. The van der Waals surface area contributed by atoms with E-state index in [0.717, 1.165) is 18.6 Å². The van der Waals surface area contributed by atoms with E-state index in [9.17, 15) is 0 Å². The number of hydrogen-bond acceptors (Lipinski definition) is 5. The number of ether oxygens (including phenoxy) is 1. The van der Waals surface area contributed by atoms with E-state index in [-0.39, 0.29) is 0 Å². The number of rotatable bonds is 5. The molecule has 0 amide bonds. The summed E-state index contributed by atoms with van der Waals surface area (Å²) in [5.41, 5.74) is 3.72. The summed E-state index contributed by atoms with van der Waals surface area (Å²) in [6, 6.07) is 7.96. The Morgan fingerprint density at radius 1 is 1.22 bits per heavy atom. The number of aromatic nitrogens is 2. The number of nitrogens with one attached hydrogen (secondary N) is 1. The van der Waals surface area contributed by atoms with Gasteiger partial charge in [-0.3, -0.25) is 4.98 Å². The third-order valence-corrected chi connectivity index (χ3v) is 2.44. The van der Waals surface area contributed by atoms with Gasteiger partial charge in [0.1, 0.15) is 5.75 Å². The highest BCUT2D eigenvalue weighted by Crippen LogP contribution is 2.20. The monoisotopic (exact) mass is 244 g/mol. The molecule has 3 N–H and O–H groups in total. The third kappa shape index (κ3) is 3.18. The Kier molecular flexibility index (Phi) is 4.09. The highest BCUT2D eigenvalue weighted by atomic mass is 16.5. The molecule has 5 heteroatoms. The molecule has 0 fully saturated rings. The third-order valence-electron chi connectivity index (χ3n) is 2.44. The lowest BCUT2D eigenvalue weighted by Crippen LogP contribution is -2.08. The van der Waals surface area contributed by atoms with Crippen LogP contribution in [0.25, 0.3) is 0 Å². The van der Waals surface area contributed by atoms with Crippen LogP contribution in [0.4, 0.5) is 5.82 Å². The molecule has 1 aromatic heterocycles. The standard InChI is InChI=1S/C13H16N4O/c1-2-3-10-4-6-11(7-5-10)18-13-9-15-8-12(16-13)17-14/h4-9H,2-3,14H2,1H3,(H,16,17). The van der Waals surface area contributed by atoms with Gasteiger partial charge in [0, 0.05) is 0 Å². The maximum atomic E-state index is 5.58. The van der Waals surface area contributed by atoms with E-state index >= 15 is 0 Å². The lowest BCUT2D eigenvalue weighted by Gasteiger charge is -2.06. The fraction of sp³-hybridized carbons (Fsp3) is 0.231. The summed E-state index contributed by atoms with van der Waals surface area (Å²) in [6.45, 7) is 2.16. The van der Waals surface area contributed by atoms with Gasteiger partial charge in [0.05, 0.1) is 12.4 Å². The maximum absolute atomic E-state index is 5.58. The van der Waals surface area contributed by atoms with Gasteiger partial charge in [-0.15, -0.1) is 0 Å². The van der Waals surface area contributed by atoms with Crippen LogP contribution in [-0.4, -0.2) is 9.97 Å². The lowest BCUT2D eigenvalue weighted by atomic mass is 10.1. The molecular weight excluding hydrogens is 228 g/mol. The van der Waals surface area contributed by atoms with Crippen LogP contribution in [0.2, 0.25) is 0 Å². The van der Waals surface area contributed by atoms with Gasteiger partial charge in [-0.2, -0.15) is 4.98 Å². The molecule has 2 rings (SSSR count). The van der Waals surface area contributed by atoms with Crippen LogP contribution in [0.1, 0.15) is 18.9 Å². The van der Waals surface area contributed by atoms with E-state index in [4.69, 9.17) is 10.6 Å². The number of nitrogen functional groups attached to an aromatic ring is 1. The van der Waals surface area contributed by atoms with Crippen LogP contribution in [-0.2, 0) is 6.42 Å². The second-order valence-corrected chi connectivity index (χ2v) is 3.88. The predicted octanol–water partition coefficient (Wildman–Crippen LogP) is 2.51.